The van der Waals surface area contributed by atoms with Gasteiger partial charge in [0.25, 0.3) is 0 Å². The third kappa shape index (κ3) is 3.73. The summed E-state index contributed by atoms with van der Waals surface area (Å²) in [5, 5.41) is 3.54. The van der Waals surface area contributed by atoms with Crippen LogP contribution in [0, 0.1) is 18.8 Å². The molecule has 0 atom stereocenters. The van der Waals surface area contributed by atoms with Gasteiger partial charge < -0.3 is 10.2 Å². The van der Waals surface area contributed by atoms with E-state index in [0.717, 1.165) is 49.2 Å². The number of nitrogens with zero attached hydrogens (tertiary/aromatic N) is 3. The maximum absolute atomic E-state index is 4.74. The minimum absolute atomic E-state index is 0.735. The minimum Gasteiger partial charge on any atom is -0.341 e. The van der Waals surface area contributed by atoms with Gasteiger partial charge in [0.1, 0.15) is 0 Å². The van der Waals surface area contributed by atoms with Crippen molar-refractivity contribution in [3.05, 3.63) is 17.5 Å². The van der Waals surface area contributed by atoms with E-state index in [0.29, 0.717) is 0 Å². The van der Waals surface area contributed by atoms with E-state index in [2.05, 4.69) is 36.0 Å². The van der Waals surface area contributed by atoms with Gasteiger partial charge in [0.2, 0.25) is 5.95 Å². The lowest BCUT2D eigenvalue weighted by Gasteiger charge is -2.34. The van der Waals surface area contributed by atoms with Crippen molar-refractivity contribution < 1.29 is 0 Å². The van der Waals surface area contributed by atoms with Crippen LogP contribution in [0.1, 0.15) is 50.8 Å². The van der Waals surface area contributed by atoms with Crippen LogP contribution < -0.4 is 10.2 Å². The molecule has 1 N–H and O–H groups in total. The molecule has 0 radical (unpaired) electrons. The Morgan fingerprint density at radius 1 is 1.24 bits per heavy atom. The second-order valence-corrected chi connectivity index (χ2v) is 7.00. The Morgan fingerprint density at radius 2 is 1.95 bits per heavy atom. The largest absolute Gasteiger partial charge is 0.341 e. The van der Waals surface area contributed by atoms with Crippen LogP contribution in [0.25, 0.3) is 0 Å². The lowest BCUT2D eigenvalue weighted by atomic mass is 9.87. The maximum Gasteiger partial charge on any atom is 0.225 e. The summed E-state index contributed by atoms with van der Waals surface area (Å²) in [5.41, 5.74) is 2.36. The fourth-order valence-electron chi connectivity index (χ4n) is 3.11. The summed E-state index contributed by atoms with van der Waals surface area (Å²) in [5.74, 6) is 2.58. The van der Waals surface area contributed by atoms with Crippen molar-refractivity contribution in [1.82, 2.24) is 15.3 Å². The molecule has 4 nitrogen and oxygen atoms in total. The summed E-state index contributed by atoms with van der Waals surface area (Å²) in [4.78, 5) is 11.7. The number of rotatable bonds is 5. The van der Waals surface area contributed by atoms with Crippen molar-refractivity contribution >= 4 is 5.95 Å². The average Bonchev–Trinajstić information content (AvgIpc) is 3.30. The van der Waals surface area contributed by atoms with E-state index in [4.69, 9.17) is 4.98 Å². The molecular formula is C17H28N4. The molecule has 21 heavy (non-hydrogen) atoms. The van der Waals surface area contributed by atoms with Gasteiger partial charge in [-0.05, 0) is 44.4 Å². The molecule has 1 aromatic heterocycles. The molecule has 1 aliphatic heterocycles. The SMILES string of the molecule is Cc1nc(N2CCC(C(C)C)CC2)ncc1CNC1CC1. The molecule has 0 spiro atoms. The van der Waals surface area contributed by atoms with E-state index in [9.17, 15) is 0 Å². The zero-order valence-electron chi connectivity index (χ0n) is 13.6. The average molecular weight is 288 g/mol. The van der Waals surface area contributed by atoms with Gasteiger partial charge in [0.05, 0.1) is 0 Å². The molecule has 2 heterocycles. The highest BCUT2D eigenvalue weighted by Gasteiger charge is 2.24. The number of hydrogen-bond donors (Lipinski definition) is 1. The molecular weight excluding hydrogens is 260 g/mol. The Labute approximate surface area is 128 Å². The second kappa shape index (κ2) is 6.30. The van der Waals surface area contributed by atoms with Crippen LogP contribution in [0.5, 0.6) is 0 Å². The standard InChI is InChI=1S/C17H28N4/c1-12(2)14-6-8-21(9-7-14)17-19-11-15(13(3)20-17)10-18-16-4-5-16/h11-12,14,16,18H,4-10H2,1-3H3. The van der Waals surface area contributed by atoms with E-state index in [1.165, 1.54) is 31.2 Å². The second-order valence-electron chi connectivity index (χ2n) is 7.00. The topological polar surface area (TPSA) is 41.1 Å². The first-order valence-corrected chi connectivity index (χ1v) is 8.44. The molecule has 0 aromatic carbocycles. The highest BCUT2D eigenvalue weighted by atomic mass is 15.3. The first-order valence-electron chi connectivity index (χ1n) is 8.44. The third-order valence-corrected chi connectivity index (χ3v) is 4.99. The Bertz CT molecular complexity index is 474. The maximum atomic E-state index is 4.74. The van der Waals surface area contributed by atoms with Crippen LogP contribution in [0.2, 0.25) is 0 Å². The highest BCUT2D eigenvalue weighted by molar-refractivity contribution is 5.33. The summed E-state index contributed by atoms with van der Waals surface area (Å²) in [6.07, 6.45) is 7.20. The molecule has 0 unspecified atom stereocenters. The van der Waals surface area contributed by atoms with Gasteiger partial charge in [0.15, 0.2) is 0 Å². The van der Waals surface area contributed by atoms with E-state index >= 15 is 0 Å². The highest BCUT2D eigenvalue weighted by Crippen LogP contribution is 2.26. The minimum atomic E-state index is 0.735. The van der Waals surface area contributed by atoms with Gasteiger partial charge in [-0.25, -0.2) is 9.97 Å². The molecule has 3 rings (SSSR count). The molecule has 2 aliphatic rings. The molecule has 0 bridgehead atoms. The van der Waals surface area contributed by atoms with Crippen molar-refractivity contribution in [1.29, 1.82) is 0 Å². The van der Waals surface area contributed by atoms with Gasteiger partial charge in [0, 0.05) is 43.1 Å². The summed E-state index contributed by atoms with van der Waals surface area (Å²) in [6, 6.07) is 0.735. The predicted octanol–water partition coefficient (Wildman–Crippen LogP) is 2.91. The molecule has 1 aromatic rings. The van der Waals surface area contributed by atoms with Crippen molar-refractivity contribution in [3.63, 3.8) is 0 Å². The zero-order valence-corrected chi connectivity index (χ0v) is 13.6. The predicted molar refractivity (Wildman–Crippen MR) is 86.4 cm³/mol. The van der Waals surface area contributed by atoms with Crippen LogP contribution in [0.3, 0.4) is 0 Å². The molecule has 1 aliphatic carbocycles. The van der Waals surface area contributed by atoms with Crippen LogP contribution in [-0.2, 0) is 6.54 Å². The van der Waals surface area contributed by atoms with Crippen molar-refractivity contribution in [2.75, 3.05) is 18.0 Å². The van der Waals surface area contributed by atoms with Gasteiger partial charge in [-0.15, -0.1) is 0 Å². The fraction of sp³-hybridized carbons (Fsp3) is 0.765. The summed E-state index contributed by atoms with van der Waals surface area (Å²) in [7, 11) is 0. The summed E-state index contributed by atoms with van der Waals surface area (Å²) >= 11 is 0. The van der Waals surface area contributed by atoms with E-state index in [1.807, 2.05) is 6.20 Å². The van der Waals surface area contributed by atoms with Crippen molar-refractivity contribution in [3.8, 4) is 0 Å². The molecule has 0 amide bonds. The Morgan fingerprint density at radius 3 is 2.52 bits per heavy atom. The molecule has 1 saturated heterocycles. The number of anilines is 1. The van der Waals surface area contributed by atoms with Gasteiger partial charge >= 0.3 is 0 Å². The smallest absolute Gasteiger partial charge is 0.225 e. The third-order valence-electron chi connectivity index (χ3n) is 4.99. The van der Waals surface area contributed by atoms with E-state index in [1.54, 1.807) is 0 Å². The number of aromatic nitrogens is 2. The first-order chi connectivity index (χ1) is 10.1. The fourth-order valence-corrected chi connectivity index (χ4v) is 3.11. The monoisotopic (exact) mass is 288 g/mol. The number of piperidine rings is 1. The molecule has 116 valence electrons. The number of hydrogen-bond acceptors (Lipinski definition) is 4. The Kier molecular flexibility index (Phi) is 4.43. The number of nitrogens with one attached hydrogen (secondary N) is 1. The van der Waals surface area contributed by atoms with E-state index in [-0.39, 0.29) is 0 Å². The Balaban J connectivity index is 1.59. The van der Waals surface area contributed by atoms with Crippen LogP contribution in [0.15, 0.2) is 6.20 Å². The quantitative estimate of drug-likeness (QED) is 0.904. The molecule has 1 saturated carbocycles. The molecule has 2 fully saturated rings. The van der Waals surface area contributed by atoms with Crippen molar-refractivity contribution in [2.24, 2.45) is 11.8 Å². The van der Waals surface area contributed by atoms with Gasteiger partial charge in [-0.2, -0.15) is 0 Å². The lowest BCUT2D eigenvalue weighted by molar-refractivity contribution is 0.310. The van der Waals surface area contributed by atoms with Crippen LogP contribution in [0.4, 0.5) is 5.95 Å². The normalized spacial score (nSPS) is 20.3. The van der Waals surface area contributed by atoms with Crippen LogP contribution >= 0.6 is 0 Å². The summed E-state index contributed by atoms with van der Waals surface area (Å²) in [6.45, 7) is 9.89. The number of aryl methyl sites for hydroxylation is 1. The summed E-state index contributed by atoms with van der Waals surface area (Å²) < 4.78 is 0. The first kappa shape index (κ1) is 14.8. The van der Waals surface area contributed by atoms with Crippen molar-refractivity contribution in [2.45, 2.75) is 59.0 Å². The lowest BCUT2D eigenvalue weighted by Crippen LogP contribution is -2.36. The molecule has 4 heteroatoms. The Hall–Kier alpha value is -1.16. The van der Waals surface area contributed by atoms with Crippen LogP contribution in [-0.4, -0.2) is 29.1 Å². The van der Waals surface area contributed by atoms with Gasteiger partial charge in [-0.1, -0.05) is 13.8 Å². The van der Waals surface area contributed by atoms with E-state index < -0.39 is 0 Å². The zero-order chi connectivity index (χ0) is 14.8. The van der Waals surface area contributed by atoms with Gasteiger partial charge in [-0.3, -0.25) is 0 Å².